The molecule has 0 atom stereocenters. The van der Waals surface area contributed by atoms with Crippen molar-refractivity contribution in [2.45, 2.75) is 77.6 Å². The SMILES string of the molecule is CCC(=O)CCC(C(=O)O)(C1=CCCCC1)C1=CCCCC1. The van der Waals surface area contributed by atoms with Crippen LogP contribution in [-0.4, -0.2) is 16.9 Å². The molecule has 2 aliphatic carbocycles. The van der Waals surface area contributed by atoms with Crippen molar-refractivity contribution in [2.24, 2.45) is 5.41 Å². The first-order chi connectivity index (χ1) is 10.6. The summed E-state index contributed by atoms with van der Waals surface area (Å²) in [5, 5.41) is 10.1. The minimum Gasteiger partial charge on any atom is -0.480 e. The molecule has 0 saturated heterocycles. The average molecular weight is 304 g/mol. The van der Waals surface area contributed by atoms with Crippen LogP contribution in [0.2, 0.25) is 0 Å². The summed E-state index contributed by atoms with van der Waals surface area (Å²) in [6.07, 6.45) is 13.7. The quantitative estimate of drug-likeness (QED) is 0.686. The molecule has 0 aromatic heterocycles. The van der Waals surface area contributed by atoms with E-state index in [0.29, 0.717) is 19.3 Å². The molecule has 0 saturated carbocycles. The number of carbonyl (C=O) groups is 2. The Bertz CT molecular complexity index is 459. The monoisotopic (exact) mass is 304 g/mol. The number of aliphatic carboxylic acids is 1. The van der Waals surface area contributed by atoms with Gasteiger partial charge in [-0.25, -0.2) is 0 Å². The van der Waals surface area contributed by atoms with Gasteiger partial charge in [0.25, 0.3) is 0 Å². The van der Waals surface area contributed by atoms with Gasteiger partial charge in [0.15, 0.2) is 0 Å². The van der Waals surface area contributed by atoms with Gasteiger partial charge in [-0.2, -0.15) is 0 Å². The molecule has 0 spiro atoms. The molecule has 0 heterocycles. The van der Waals surface area contributed by atoms with Gasteiger partial charge in [-0.1, -0.05) is 30.2 Å². The van der Waals surface area contributed by atoms with E-state index in [4.69, 9.17) is 0 Å². The Kier molecular flexibility index (Phi) is 5.98. The highest BCUT2D eigenvalue weighted by atomic mass is 16.4. The van der Waals surface area contributed by atoms with Gasteiger partial charge < -0.3 is 5.11 Å². The highest BCUT2D eigenvalue weighted by molar-refractivity contribution is 5.85. The van der Waals surface area contributed by atoms with Crippen LogP contribution in [0.4, 0.5) is 0 Å². The van der Waals surface area contributed by atoms with Crippen LogP contribution in [0, 0.1) is 5.41 Å². The van der Waals surface area contributed by atoms with Gasteiger partial charge in [0, 0.05) is 12.8 Å². The summed E-state index contributed by atoms with van der Waals surface area (Å²) in [6, 6.07) is 0. The van der Waals surface area contributed by atoms with Gasteiger partial charge in [0.05, 0.1) is 0 Å². The van der Waals surface area contributed by atoms with Crippen molar-refractivity contribution in [3.63, 3.8) is 0 Å². The molecule has 0 aliphatic heterocycles. The summed E-state index contributed by atoms with van der Waals surface area (Å²) < 4.78 is 0. The molecule has 3 heteroatoms. The van der Waals surface area contributed by atoms with E-state index in [1.165, 1.54) is 0 Å². The zero-order valence-electron chi connectivity index (χ0n) is 13.7. The fourth-order valence-electron chi connectivity index (χ4n) is 3.86. The van der Waals surface area contributed by atoms with E-state index in [2.05, 4.69) is 12.2 Å². The van der Waals surface area contributed by atoms with Crippen LogP contribution in [0.15, 0.2) is 23.3 Å². The number of allylic oxidation sites excluding steroid dienone is 2. The molecule has 3 nitrogen and oxygen atoms in total. The molecule has 0 bridgehead atoms. The van der Waals surface area contributed by atoms with Crippen molar-refractivity contribution in [2.75, 3.05) is 0 Å². The number of rotatable bonds is 7. The lowest BCUT2D eigenvalue weighted by molar-refractivity contribution is -0.145. The van der Waals surface area contributed by atoms with Crippen molar-refractivity contribution < 1.29 is 14.7 Å². The van der Waals surface area contributed by atoms with E-state index in [0.717, 1.165) is 62.5 Å². The minimum atomic E-state index is -0.911. The Balaban J connectivity index is 2.39. The standard InChI is InChI=1S/C19H28O3/c1-2-17(20)13-14-19(18(21)22,15-9-5-3-6-10-15)16-11-7-4-8-12-16/h9,11H,2-8,10,12-14H2,1H3,(H,21,22). The summed E-state index contributed by atoms with van der Waals surface area (Å²) in [7, 11) is 0. The molecule has 0 amide bonds. The zero-order chi connectivity index (χ0) is 16.0. The first-order valence-electron chi connectivity index (χ1n) is 8.75. The van der Waals surface area contributed by atoms with Gasteiger partial charge in [-0.05, 0) is 57.8 Å². The van der Waals surface area contributed by atoms with Crippen molar-refractivity contribution in [1.82, 2.24) is 0 Å². The number of ketones is 1. The maximum Gasteiger partial charge on any atom is 0.317 e. The second kappa shape index (κ2) is 7.75. The Morgan fingerprint density at radius 2 is 1.59 bits per heavy atom. The van der Waals surface area contributed by atoms with Gasteiger partial charge in [0.2, 0.25) is 0 Å². The lowest BCUT2D eigenvalue weighted by Crippen LogP contribution is -2.37. The number of hydrogen-bond donors (Lipinski definition) is 1. The van der Waals surface area contributed by atoms with Gasteiger partial charge >= 0.3 is 5.97 Å². The average Bonchev–Trinajstić information content (AvgIpc) is 2.57. The highest BCUT2D eigenvalue weighted by Gasteiger charge is 2.45. The molecular weight excluding hydrogens is 276 g/mol. The molecule has 1 N–H and O–H groups in total. The molecule has 2 aliphatic rings. The Labute approximate surface area is 133 Å². The van der Waals surface area contributed by atoms with Crippen LogP contribution in [0.25, 0.3) is 0 Å². The molecular formula is C19H28O3. The van der Waals surface area contributed by atoms with Crippen molar-refractivity contribution >= 4 is 11.8 Å². The van der Waals surface area contributed by atoms with Crippen molar-refractivity contribution in [3.05, 3.63) is 23.3 Å². The molecule has 0 aromatic carbocycles. The largest absolute Gasteiger partial charge is 0.480 e. The molecule has 0 aromatic rings. The number of Topliss-reactive ketones (excluding diaryl/α,β-unsaturated/α-hetero) is 1. The molecule has 0 unspecified atom stereocenters. The maximum atomic E-state index is 12.3. The van der Waals surface area contributed by atoms with Crippen LogP contribution in [0.1, 0.15) is 77.6 Å². The van der Waals surface area contributed by atoms with Gasteiger partial charge in [-0.3, -0.25) is 9.59 Å². The zero-order valence-corrected chi connectivity index (χ0v) is 13.7. The van der Waals surface area contributed by atoms with E-state index < -0.39 is 11.4 Å². The number of carbonyl (C=O) groups excluding carboxylic acids is 1. The van der Waals surface area contributed by atoms with Crippen LogP contribution in [-0.2, 0) is 9.59 Å². The fourth-order valence-corrected chi connectivity index (χ4v) is 3.86. The summed E-state index contributed by atoms with van der Waals surface area (Å²) in [6.45, 7) is 1.85. The van der Waals surface area contributed by atoms with E-state index in [1.54, 1.807) is 0 Å². The summed E-state index contributed by atoms with van der Waals surface area (Å²) >= 11 is 0. The summed E-state index contributed by atoms with van der Waals surface area (Å²) in [4.78, 5) is 24.1. The van der Waals surface area contributed by atoms with Crippen LogP contribution < -0.4 is 0 Å². The smallest absolute Gasteiger partial charge is 0.317 e. The normalized spacial score (nSPS) is 19.3. The summed E-state index contributed by atoms with van der Waals surface area (Å²) in [5.74, 6) is -0.587. The predicted molar refractivity (Wildman–Crippen MR) is 87.7 cm³/mol. The predicted octanol–water partition coefficient (Wildman–Crippen LogP) is 4.82. The van der Waals surface area contributed by atoms with E-state index in [9.17, 15) is 14.7 Å². The van der Waals surface area contributed by atoms with Crippen molar-refractivity contribution in [3.8, 4) is 0 Å². The van der Waals surface area contributed by atoms with E-state index in [-0.39, 0.29) is 5.78 Å². The van der Waals surface area contributed by atoms with E-state index >= 15 is 0 Å². The van der Waals surface area contributed by atoms with Crippen LogP contribution in [0.5, 0.6) is 0 Å². The highest BCUT2D eigenvalue weighted by Crippen LogP contribution is 2.47. The number of hydrogen-bond acceptors (Lipinski definition) is 2. The lowest BCUT2D eigenvalue weighted by Gasteiger charge is -2.37. The molecule has 2 rings (SSSR count). The van der Waals surface area contributed by atoms with Gasteiger partial charge in [-0.15, -0.1) is 0 Å². The topological polar surface area (TPSA) is 54.4 Å². The lowest BCUT2D eigenvalue weighted by atomic mass is 9.65. The first kappa shape index (κ1) is 17.0. The van der Waals surface area contributed by atoms with E-state index in [1.807, 2.05) is 6.92 Å². The molecule has 0 radical (unpaired) electrons. The second-order valence-electron chi connectivity index (χ2n) is 6.55. The Morgan fingerprint density at radius 3 is 1.95 bits per heavy atom. The Morgan fingerprint density at radius 1 is 1.05 bits per heavy atom. The third kappa shape index (κ3) is 3.50. The maximum absolute atomic E-state index is 12.3. The first-order valence-corrected chi connectivity index (χ1v) is 8.75. The number of carboxylic acid groups (broad SMARTS) is 1. The fraction of sp³-hybridized carbons (Fsp3) is 0.684. The summed E-state index contributed by atoms with van der Waals surface area (Å²) in [5.41, 5.74) is 1.21. The van der Waals surface area contributed by atoms with Crippen molar-refractivity contribution in [1.29, 1.82) is 0 Å². The second-order valence-corrected chi connectivity index (χ2v) is 6.55. The third-order valence-electron chi connectivity index (χ3n) is 5.22. The van der Waals surface area contributed by atoms with Crippen LogP contribution in [0.3, 0.4) is 0 Å². The molecule has 0 fully saturated rings. The third-order valence-corrected chi connectivity index (χ3v) is 5.22. The van der Waals surface area contributed by atoms with Gasteiger partial charge in [0.1, 0.15) is 11.2 Å². The minimum absolute atomic E-state index is 0.165. The van der Waals surface area contributed by atoms with Crippen LogP contribution >= 0.6 is 0 Å². The Hall–Kier alpha value is -1.38. The molecule has 122 valence electrons. The number of carboxylic acids is 1. The molecule has 22 heavy (non-hydrogen) atoms.